The van der Waals surface area contributed by atoms with Gasteiger partial charge in [0.2, 0.25) is 0 Å². The maximum absolute atomic E-state index is 12.8. The van der Waals surface area contributed by atoms with E-state index in [1.807, 2.05) is 19.0 Å². The largest absolute Gasteiger partial charge is 0.459 e. The summed E-state index contributed by atoms with van der Waals surface area (Å²) in [7, 11) is 3.68. The first-order chi connectivity index (χ1) is 11.9. The van der Waals surface area contributed by atoms with Crippen molar-refractivity contribution in [1.82, 2.24) is 9.80 Å². The second-order valence-corrected chi connectivity index (χ2v) is 7.44. The molecule has 0 aliphatic carbocycles. The van der Waals surface area contributed by atoms with Crippen LogP contribution in [0.3, 0.4) is 0 Å². The van der Waals surface area contributed by atoms with Crippen molar-refractivity contribution in [2.45, 2.75) is 26.4 Å². The molecule has 0 heterocycles. The molecule has 144 valence electrons. The van der Waals surface area contributed by atoms with E-state index in [1.165, 1.54) is 17.0 Å². The van der Waals surface area contributed by atoms with Crippen molar-refractivity contribution >= 4 is 29.2 Å². The summed E-state index contributed by atoms with van der Waals surface area (Å²) in [5, 5.41) is 10.8. The number of nitro benzene ring substituents is 1. The van der Waals surface area contributed by atoms with Crippen molar-refractivity contribution in [3.05, 3.63) is 38.9 Å². The highest BCUT2D eigenvalue weighted by atomic mass is 35.5. The minimum absolute atomic E-state index is 0.0387. The Morgan fingerprint density at radius 3 is 2.31 bits per heavy atom. The van der Waals surface area contributed by atoms with E-state index in [0.29, 0.717) is 6.54 Å². The quantitative estimate of drug-likeness (QED) is 0.407. The summed E-state index contributed by atoms with van der Waals surface area (Å²) in [4.78, 5) is 38.3. The zero-order valence-corrected chi connectivity index (χ0v) is 16.4. The van der Waals surface area contributed by atoms with Gasteiger partial charge in [0.15, 0.2) is 0 Å². The van der Waals surface area contributed by atoms with Crippen molar-refractivity contribution < 1.29 is 19.2 Å². The molecular formula is C17H24ClN3O5. The molecule has 0 N–H and O–H groups in total. The molecule has 0 aromatic heterocycles. The predicted molar refractivity (Wildman–Crippen MR) is 98.4 cm³/mol. The highest BCUT2D eigenvalue weighted by Crippen LogP contribution is 2.24. The number of ether oxygens (including phenoxy) is 1. The Hall–Kier alpha value is -2.19. The van der Waals surface area contributed by atoms with Gasteiger partial charge in [0.05, 0.1) is 15.5 Å². The van der Waals surface area contributed by atoms with Gasteiger partial charge in [-0.1, -0.05) is 11.6 Å². The molecule has 0 unspecified atom stereocenters. The summed E-state index contributed by atoms with van der Waals surface area (Å²) >= 11 is 6.04. The predicted octanol–water partition coefficient (Wildman–Crippen LogP) is 2.59. The van der Waals surface area contributed by atoms with Gasteiger partial charge in [0, 0.05) is 25.2 Å². The highest BCUT2D eigenvalue weighted by Gasteiger charge is 2.25. The molecule has 0 aliphatic rings. The van der Waals surface area contributed by atoms with Crippen molar-refractivity contribution in [1.29, 1.82) is 0 Å². The normalized spacial score (nSPS) is 11.3. The number of nitro groups is 1. The van der Waals surface area contributed by atoms with Gasteiger partial charge >= 0.3 is 5.97 Å². The molecule has 1 aromatic rings. The van der Waals surface area contributed by atoms with Crippen LogP contribution >= 0.6 is 11.6 Å². The van der Waals surface area contributed by atoms with Gasteiger partial charge in [0.25, 0.3) is 11.6 Å². The molecule has 0 saturated carbocycles. The Kier molecular flexibility index (Phi) is 7.53. The van der Waals surface area contributed by atoms with E-state index < -0.39 is 22.4 Å². The number of rotatable bonds is 7. The average molecular weight is 386 g/mol. The van der Waals surface area contributed by atoms with Gasteiger partial charge < -0.3 is 14.5 Å². The first-order valence-corrected chi connectivity index (χ1v) is 8.38. The minimum atomic E-state index is -0.668. The second kappa shape index (κ2) is 8.95. The monoisotopic (exact) mass is 385 g/mol. The molecule has 0 fully saturated rings. The maximum Gasteiger partial charge on any atom is 0.326 e. The number of hydrogen-bond acceptors (Lipinski definition) is 6. The second-order valence-electron chi connectivity index (χ2n) is 7.04. The van der Waals surface area contributed by atoms with Crippen molar-refractivity contribution in [2.24, 2.45) is 0 Å². The van der Waals surface area contributed by atoms with Crippen LogP contribution in [0.4, 0.5) is 5.69 Å². The Bertz CT molecular complexity index is 685. The fraction of sp³-hybridized carbons (Fsp3) is 0.529. The lowest BCUT2D eigenvalue weighted by Crippen LogP contribution is -2.42. The van der Waals surface area contributed by atoms with Crippen molar-refractivity contribution in [3.63, 3.8) is 0 Å². The summed E-state index contributed by atoms with van der Waals surface area (Å²) in [6, 6.07) is 3.61. The first kappa shape index (κ1) is 21.9. The Morgan fingerprint density at radius 2 is 1.85 bits per heavy atom. The molecule has 1 aromatic carbocycles. The first-order valence-electron chi connectivity index (χ1n) is 8.00. The van der Waals surface area contributed by atoms with E-state index in [-0.39, 0.29) is 29.4 Å². The van der Waals surface area contributed by atoms with Gasteiger partial charge in [-0.05, 0) is 40.9 Å². The topological polar surface area (TPSA) is 93.0 Å². The molecule has 0 radical (unpaired) electrons. The number of benzene rings is 1. The van der Waals surface area contributed by atoms with E-state index in [4.69, 9.17) is 16.3 Å². The number of hydrogen-bond donors (Lipinski definition) is 0. The smallest absolute Gasteiger partial charge is 0.326 e. The van der Waals surface area contributed by atoms with E-state index in [2.05, 4.69) is 0 Å². The Balaban J connectivity index is 3.03. The summed E-state index contributed by atoms with van der Waals surface area (Å²) in [6.07, 6.45) is 0. The number of esters is 1. The van der Waals surface area contributed by atoms with E-state index in [1.54, 1.807) is 20.8 Å². The van der Waals surface area contributed by atoms with Crippen LogP contribution in [0.25, 0.3) is 0 Å². The van der Waals surface area contributed by atoms with Crippen LogP contribution in [0.1, 0.15) is 31.1 Å². The summed E-state index contributed by atoms with van der Waals surface area (Å²) in [6.45, 7) is 5.78. The van der Waals surface area contributed by atoms with Crippen LogP contribution < -0.4 is 0 Å². The Labute approximate surface area is 157 Å². The third-order valence-electron chi connectivity index (χ3n) is 3.24. The summed E-state index contributed by atoms with van der Waals surface area (Å²) in [5.41, 5.74) is -0.781. The summed E-state index contributed by atoms with van der Waals surface area (Å²) < 4.78 is 5.27. The molecule has 9 heteroatoms. The number of non-ortho nitro benzene ring substituents is 1. The number of halogens is 1. The lowest BCUT2D eigenvalue weighted by Gasteiger charge is -2.26. The van der Waals surface area contributed by atoms with Gasteiger partial charge in [-0.2, -0.15) is 0 Å². The highest BCUT2D eigenvalue weighted by molar-refractivity contribution is 6.34. The third-order valence-corrected chi connectivity index (χ3v) is 3.55. The van der Waals surface area contributed by atoms with E-state index in [0.717, 1.165) is 6.07 Å². The van der Waals surface area contributed by atoms with Gasteiger partial charge in [-0.15, -0.1) is 0 Å². The van der Waals surface area contributed by atoms with Crippen LogP contribution in [0.2, 0.25) is 5.02 Å². The number of amides is 1. The third kappa shape index (κ3) is 6.97. The molecular weight excluding hydrogens is 362 g/mol. The van der Waals surface area contributed by atoms with Crippen LogP contribution in [-0.4, -0.2) is 65.9 Å². The van der Waals surface area contributed by atoms with Gasteiger partial charge in [0.1, 0.15) is 12.1 Å². The lowest BCUT2D eigenvalue weighted by molar-refractivity contribution is -0.384. The molecule has 0 saturated heterocycles. The van der Waals surface area contributed by atoms with Crippen LogP contribution in [0, 0.1) is 10.1 Å². The lowest BCUT2D eigenvalue weighted by atomic mass is 10.1. The van der Waals surface area contributed by atoms with Crippen LogP contribution in [0.15, 0.2) is 18.2 Å². The van der Waals surface area contributed by atoms with E-state index in [9.17, 15) is 19.7 Å². The molecule has 26 heavy (non-hydrogen) atoms. The summed E-state index contributed by atoms with van der Waals surface area (Å²) in [5.74, 6) is -1.03. The van der Waals surface area contributed by atoms with E-state index >= 15 is 0 Å². The van der Waals surface area contributed by atoms with Crippen LogP contribution in [-0.2, 0) is 9.53 Å². The molecule has 0 bridgehead atoms. The van der Waals surface area contributed by atoms with Gasteiger partial charge in [-0.25, -0.2) is 0 Å². The zero-order valence-electron chi connectivity index (χ0n) is 15.6. The molecule has 1 amide bonds. The maximum atomic E-state index is 12.8. The standard InChI is InChI=1S/C17H24ClN3O5/c1-17(2,3)26-15(22)11-20(9-8-19(4)5)16(23)13-7-6-12(21(24)25)10-14(13)18/h6-7,10H,8-9,11H2,1-5H3. The fourth-order valence-electron chi connectivity index (χ4n) is 2.06. The molecule has 0 spiro atoms. The molecule has 0 aliphatic heterocycles. The average Bonchev–Trinajstić information content (AvgIpc) is 2.48. The number of nitrogens with zero attached hydrogens (tertiary/aromatic N) is 3. The Morgan fingerprint density at radius 1 is 1.23 bits per heavy atom. The minimum Gasteiger partial charge on any atom is -0.459 e. The van der Waals surface area contributed by atoms with Crippen LogP contribution in [0.5, 0.6) is 0 Å². The molecule has 1 rings (SSSR count). The number of carbonyl (C=O) groups is 2. The fourth-order valence-corrected chi connectivity index (χ4v) is 2.32. The molecule has 8 nitrogen and oxygen atoms in total. The number of carbonyl (C=O) groups excluding carboxylic acids is 2. The van der Waals surface area contributed by atoms with Crippen molar-refractivity contribution in [3.8, 4) is 0 Å². The zero-order chi connectivity index (χ0) is 20.1. The number of likely N-dealkylation sites (N-methyl/N-ethyl adjacent to an activating group) is 1. The molecule has 0 atom stereocenters. The van der Waals surface area contributed by atoms with Gasteiger partial charge in [-0.3, -0.25) is 19.7 Å². The SMILES string of the molecule is CN(C)CCN(CC(=O)OC(C)(C)C)C(=O)c1ccc([N+](=O)[O-])cc1Cl. The van der Waals surface area contributed by atoms with Crippen molar-refractivity contribution in [2.75, 3.05) is 33.7 Å².